The van der Waals surface area contributed by atoms with Crippen molar-refractivity contribution in [3.05, 3.63) is 0 Å². The Morgan fingerprint density at radius 3 is 1.13 bits per heavy atom. The van der Waals surface area contributed by atoms with E-state index in [1.54, 1.807) is 0 Å². The Hall–Kier alpha value is -0.280. The van der Waals surface area contributed by atoms with Gasteiger partial charge in [0.25, 0.3) is 0 Å². The van der Waals surface area contributed by atoms with Crippen molar-refractivity contribution in [3.63, 3.8) is 0 Å². The molecule has 7 fully saturated rings. The lowest BCUT2D eigenvalue weighted by molar-refractivity contribution is -0.939. The number of rotatable bonds is 14. The molecule has 0 amide bonds. The maximum atomic E-state index is 2.42. The van der Waals surface area contributed by atoms with E-state index in [1.165, 1.54) is 219 Å². The Labute approximate surface area is 482 Å². The van der Waals surface area contributed by atoms with Crippen LogP contribution in [0.15, 0.2) is 0 Å². The van der Waals surface area contributed by atoms with E-state index >= 15 is 0 Å². The second-order valence-electron chi connectivity index (χ2n) is 31.0. The van der Waals surface area contributed by atoms with E-state index in [0.717, 1.165) is 77.7 Å². The number of hydrogen-bond acceptors (Lipinski definition) is 0. The molecule has 0 radical (unpaired) electrons. The van der Waals surface area contributed by atoms with Gasteiger partial charge < -0.3 is 31.4 Å². The molecule has 0 N–H and O–H groups in total. The molecule has 18 atom stereocenters. The lowest BCUT2D eigenvalue weighted by atomic mass is 9.95. The van der Waals surface area contributed by atoms with Crippen LogP contribution in [-0.4, -0.2) is 215 Å². The van der Waals surface area contributed by atoms with Crippen molar-refractivity contribution in [1.82, 2.24) is 0 Å². The Morgan fingerprint density at radius 1 is 0.303 bits per heavy atom. The van der Waals surface area contributed by atoms with Crippen molar-refractivity contribution in [1.29, 1.82) is 0 Å². The third kappa shape index (κ3) is 22.1. The highest BCUT2D eigenvalue weighted by atomic mass is 15.4. The van der Waals surface area contributed by atoms with Gasteiger partial charge in [0.1, 0.15) is 0 Å². The topological polar surface area (TPSA) is 0 Å². The van der Waals surface area contributed by atoms with Gasteiger partial charge in [0, 0.05) is 86.4 Å². The summed E-state index contributed by atoms with van der Waals surface area (Å²) in [7, 11) is 16.9. The molecule has 18 unspecified atom stereocenters. The third-order valence-electron chi connectivity index (χ3n) is 23.7. The average molecular weight is 1080 g/mol. The quantitative estimate of drug-likeness (QED) is 0.152. The van der Waals surface area contributed by atoms with Crippen LogP contribution in [0.1, 0.15) is 228 Å². The molecule has 0 spiro atoms. The average Bonchev–Trinajstić information content (AvgIpc) is 4.15. The minimum absolute atomic E-state index is 0.861. The van der Waals surface area contributed by atoms with Crippen LogP contribution in [0.25, 0.3) is 0 Å². The van der Waals surface area contributed by atoms with E-state index in [9.17, 15) is 0 Å². The van der Waals surface area contributed by atoms with Crippen molar-refractivity contribution in [2.24, 2.45) is 41.4 Å². The SMILES string of the molecule is CCC[N+]1(C)C(C)CCC1C.CCC[N+]1(C)CC(C)C(C)C1.CCC[N+]1(C)CC(C)C(C)C1C.CCC[N+]1(C)CC(C)CC1C.CCC[N+]1(C)CCC(C)C1.CCC[N+]1(C)CCC(C)C1C.CCC[N+]1(C)CCCC1C. The van der Waals surface area contributed by atoms with Gasteiger partial charge in [-0.2, -0.15) is 0 Å². The van der Waals surface area contributed by atoms with Crippen LogP contribution in [0.3, 0.4) is 0 Å². The number of nitrogens with zero attached hydrogens (tertiary/aromatic N) is 7. The van der Waals surface area contributed by atoms with E-state index in [1.807, 2.05) is 0 Å². The molecular weight excluding hydrogens is 927 g/mol. The Kier molecular flexibility index (Phi) is 32.7. The molecule has 7 rings (SSSR count). The lowest BCUT2D eigenvalue weighted by Gasteiger charge is -2.38. The number of hydrogen-bond donors (Lipinski definition) is 0. The first-order chi connectivity index (χ1) is 35.2. The van der Waals surface area contributed by atoms with Gasteiger partial charge in [-0.1, -0.05) is 96.9 Å². The van der Waals surface area contributed by atoms with Gasteiger partial charge in [0.15, 0.2) is 0 Å². The van der Waals surface area contributed by atoms with Crippen LogP contribution >= 0.6 is 0 Å². The molecule has 456 valence electrons. The Morgan fingerprint density at radius 2 is 0.763 bits per heavy atom. The molecule has 0 aliphatic carbocycles. The maximum Gasteiger partial charge on any atom is 0.0890 e. The van der Waals surface area contributed by atoms with Crippen LogP contribution in [0.4, 0.5) is 0 Å². The molecule has 76 heavy (non-hydrogen) atoms. The zero-order valence-corrected chi connectivity index (χ0v) is 58.1. The second kappa shape index (κ2) is 33.7. The van der Waals surface area contributed by atoms with Crippen molar-refractivity contribution in [2.45, 2.75) is 265 Å². The van der Waals surface area contributed by atoms with Gasteiger partial charge in [-0.3, -0.25) is 0 Å². The van der Waals surface area contributed by atoms with E-state index in [-0.39, 0.29) is 0 Å². The van der Waals surface area contributed by atoms with Crippen molar-refractivity contribution >= 4 is 0 Å². The largest absolute Gasteiger partial charge is 0.326 e. The number of likely N-dealkylation sites (tertiary alicyclic amines) is 7. The summed E-state index contributed by atoms with van der Waals surface area (Å²) in [5, 5.41) is 0. The summed E-state index contributed by atoms with van der Waals surface area (Å²) < 4.78 is 9.23. The molecule has 7 heteroatoms. The standard InChI is InChI=1S/C11H24N.4C10H22N.2C9H20N/c1-6-7-12(5)8-9(2)10(3)11(12)4;1-5-8-11(4)9(2)6-7-10(11)3;1-5-7-11(4)8-6-9(2)10(11)3;1-5-6-11(4)7-9(2)10(3)8-11;1-5-6-11(4)8-9(2)7-10(11)3;1-4-7-10(3)8-5-6-9(10)2;1-4-6-10(3)7-5-9(2)8-10/h9-11H,6-8H2,1-5H3;4*9-10H,5-8H2,1-4H3;2*9H,4-8H2,1-3H3/q7*+1. The highest BCUT2D eigenvalue weighted by molar-refractivity contribution is 4.76. The summed E-state index contributed by atoms with van der Waals surface area (Å²) in [5.74, 6) is 6.54. The first-order valence-electron chi connectivity index (χ1n) is 34.1. The predicted molar refractivity (Wildman–Crippen MR) is 342 cm³/mol. The highest BCUT2D eigenvalue weighted by Gasteiger charge is 2.45. The van der Waals surface area contributed by atoms with Crippen LogP contribution in [0.5, 0.6) is 0 Å². The summed E-state index contributed by atoms with van der Waals surface area (Å²) in [6.45, 7) is 68.0. The van der Waals surface area contributed by atoms with Gasteiger partial charge in [-0.15, -0.1) is 0 Å². The first-order valence-corrected chi connectivity index (χ1v) is 34.1. The molecule has 0 aromatic heterocycles. The second-order valence-corrected chi connectivity index (χ2v) is 31.0. The molecule has 0 saturated carbocycles. The molecule has 0 aromatic carbocycles. The normalized spacial score (nSPS) is 44.2. The molecule has 7 aliphatic rings. The summed E-state index contributed by atoms with van der Waals surface area (Å²) in [4.78, 5) is 0. The first kappa shape index (κ1) is 73.7. The van der Waals surface area contributed by atoms with Crippen LogP contribution < -0.4 is 0 Å². The number of quaternary nitrogens is 7. The fourth-order valence-corrected chi connectivity index (χ4v) is 17.2. The Bertz CT molecular complexity index is 1490. The zero-order chi connectivity index (χ0) is 58.5. The van der Waals surface area contributed by atoms with Crippen LogP contribution in [0, 0.1) is 41.4 Å². The highest BCUT2D eigenvalue weighted by Crippen LogP contribution is 2.35. The maximum absolute atomic E-state index is 2.42. The predicted octanol–water partition coefficient (Wildman–Crippen LogP) is 15.5. The van der Waals surface area contributed by atoms with Crippen molar-refractivity contribution in [2.75, 3.05) is 148 Å². The summed E-state index contributed by atoms with van der Waals surface area (Å²) in [6.07, 6.45) is 19.3. The van der Waals surface area contributed by atoms with Crippen molar-refractivity contribution < 1.29 is 31.4 Å². The molecule has 0 aromatic rings. The molecule has 7 heterocycles. The fraction of sp³-hybridized carbons (Fsp3) is 1.00. The Balaban J connectivity index is 0.000000444. The van der Waals surface area contributed by atoms with E-state index in [0.29, 0.717) is 0 Å². The summed E-state index contributed by atoms with van der Waals surface area (Å²) in [6, 6.07) is 5.34. The van der Waals surface area contributed by atoms with Gasteiger partial charge in [-0.05, 0) is 86.5 Å². The summed E-state index contributed by atoms with van der Waals surface area (Å²) >= 11 is 0. The van der Waals surface area contributed by atoms with Crippen LogP contribution in [0.2, 0.25) is 0 Å². The molecule has 7 saturated heterocycles. The minimum Gasteiger partial charge on any atom is -0.326 e. The zero-order valence-electron chi connectivity index (χ0n) is 58.1. The molecular formula is C69H152N7+7. The monoisotopic (exact) mass is 1080 g/mol. The molecule has 0 bridgehead atoms. The minimum atomic E-state index is 0.861. The van der Waals surface area contributed by atoms with E-state index in [4.69, 9.17) is 0 Å². The third-order valence-corrected chi connectivity index (χ3v) is 23.7. The van der Waals surface area contributed by atoms with Gasteiger partial charge in [0.05, 0.1) is 184 Å². The van der Waals surface area contributed by atoms with Gasteiger partial charge in [0.2, 0.25) is 0 Å². The van der Waals surface area contributed by atoms with E-state index < -0.39 is 0 Å². The summed E-state index contributed by atoms with van der Waals surface area (Å²) in [5.41, 5.74) is 0. The van der Waals surface area contributed by atoms with Crippen LogP contribution in [-0.2, 0) is 0 Å². The van der Waals surface area contributed by atoms with Gasteiger partial charge >= 0.3 is 0 Å². The molecule has 7 nitrogen and oxygen atoms in total. The van der Waals surface area contributed by atoms with E-state index in [2.05, 4.69) is 188 Å². The van der Waals surface area contributed by atoms with Crippen molar-refractivity contribution in [3.8, 4) is 0 Å². The fourth-order valence-electron chi connectivity index (χ4n) is 17.2. The smallest absolute Gasteiger partial charge is 0.0890 e. The molecule has 7 aliphatic heterocycles. The van der Waals surface area contributed by atoms with Gasteiger partial charge in [-0.25, -0.2) is 0 Å². The lowest BCUT2D eigenvalue weighted by Crippen LogP contribution is -2.51.